The Balaban J connectivity index is 2.04. The van der Waals surface area contributed by atoms with E-state index in [0.29, 0.717) is 17.4 Å². The lowest BCUT2D eigenvalue weighted by Gasteiger charge is -2.31. The normalized spacial score (nSPS) is 17.6. The summed E-state index contributed by atoms with van der Waals surface area (Å²) >= 11 is 2.95. The summed E-state index contributed by atoms with van der Waals surface area (Å²) in [5.41, 5.74) is -0.646. The minimum Gasteiger partial charge on any atom is -0.444 e. The number of hydrogen-bond acceptors (Lipinski definition) is 7. The number of thioether (sulfide) groups is 2. The van der Waals surface area contributed by atoms with Crippen LogP contribution in [0.5, 0.6) is 0 Å². The van der Waals surface area contributed by atoms with E-state index < -0.39 is 23.8 Å². The molecule has 0 unspecified atom stereocenters. The van der Waals surface area contributed by atoms with E-state index in [-0.39, 0.29) is 11.9 Å². The molecule has 0 radical (unpaired) electrons. The number of pyridine rings is 1. The van der Waals surface area contributed by atoms with Crippen LogP contribution < -0.4 is 10.6 Å². The number of carbonyl (C=O) groups excluding carboxylic acids is 2. The van der Waals surface area contributed by atoms with Gasteiger partial charge in [-0.2, -0.15) is 11.8 Å². The fourth-order valence-electron chi connectivity index (χ4n) is 3.90. The first-order valence-electron chi connectivity index (χ1n) is 11.7. The topological polar surface area (TPSA) is 101 Å². The number of aliphatic hydroxyl groups is 1. The largest absolute Gasteiger partial charge is 0.444 e. The van der Waals surface area contributed by atoms with Gasteiger partial charge < -0.3 is 20.5 Å². The highest BCUT2D eigenvalue weighted by molar-refractivity contribution is 7.99. The van der Waals surface area contributed by atoms with Crippen LogP contribution in [-0.4, -0.2) is 63.6 Å². The number of aromatic nitrogens is 1. The van der Waals surface area contributed by atoms with Crippen molar-refractivity contribution in [1.82, 2.24) is 15.6 Å². The lowest BCUT2D eigenvalue weighted by atomic mass is 9.84. The average molecular weight is 498 g/mol. The molecule has 3 atom stereocenters. The Hall–Kier alpha value is -1.45. The number of rotatable bonds is 11. The summed E-state index contributed by atoms with van der Waals surface area (Å²) in [6.07, 6.45) is 8.88. The average Bonchev–Trinajstić information content (AvgIpc) is 2.77. The molecule has 1 aliphatic carbocycles. The molecule has 33 heavy (non-hydrogen) atoms. The van der Waals surface area contributed by atoms with Crippen molar-refractivity contribution in [2.24, 2.45) is 5.92 Å². The smallest absolute Gasteiger partial charge is 0.408 e. The summed E-state index contributed by atoms with van der Waals surface area (Å²) in [5.74, 6) is 1.04. The molecule has 186 valence electrons. The Morgan fingerprint density at radius 1 is 1.18 bits per heavy atom. The molecule has 3 N–H and O–H groups in total. The maximum absolute atomic E-state index is 13.1. The number of ether oxygens (including phenoxy) is 1. The molecule has 7 nitrogen and oxygen atoms in total. The van der Waals surface area contributed by atoms with Crippen LogP contribution in [0.3, 0.4) is 0 Å². The van der Waals surface area contributed by atoms with E-state index >= 15 is 0 Å². The van der Waals surface area contributed by atoms with E-state index in [1.54, 1.807) is 27.0 Å². The minimum atomic E-state index is -0.737. The highest BCUT2D eigenvalue weighted by Crippen LogP contribution is 2.29. The highest BCUT2D eigenvalue weighted by atomic mass is 32.2. The molecule has 2 amide bonds. The Morgan fingerprint density at radius 2 is 1.91 bits per heavy atom. The van der Waals surface area contributed by atoms with Gasteiger partial charge in [-0.25, -0.2) is 9.78 Å². The van der Waals surface area contributed by atoms with E-state index in [0.717, 1.165) is 24.3 Å². The van der Waals surface area contributed by atoms with E-state index in [9.17, 15) is 14.7 Å². The maximum atomic E-state index is 13.1. The van der Waals surface area contributed by atoms with Crippen molar-refractivity contribution in [3.8, 4) is 0 Å². The minimum absolute atomic E-state index is 0.294. The van der Waals surface area contributed by atoms with Crippen LogP contribution in [0, 0.1) is 5.92 Å². The second kappa shape index (κ2) is 14.1. The SMILES string of the molecule is CSC[C@H](NC(=O)OC(C)(C)C)C(=O)N[C@@H](CC1CCCCC1)[C@@H](O)CSc1ccccn1. The van der Waals surface area contributed by atoms with Gasteiger partial charge >= 0.3 is 6.09 Å². The van der Waals surface area contributed by atoms with Crippen LogP contribution in [0.1, 0.15) is 59.3 Å². The third kappa shape index (κ3) is 11.0. The number of amides is 2. The lowest BCUT2D eigenvalue weighted by molar-refractivity contribution is -0.124. The molecule has 1 aliphatic rings. The van der Waals surface area contributed by atoms with Gasteiger partial charge in [-0.05, 0) is 51.5 Å². The number of carbonyl (C=O) groups is 2. The summed E-state index contributed by atoms with van der Waals surface area (Å²) in [6.45, 7) is 5.35. The Morgan fingerprint density at radius 3 is 2.52 bits per heavy atom. The molecule has 1 aromatic rings. The highest BCUT2D eigenvalue weighted by Gasteiger charge is 2.30. The van der Waals surface area contributed by atoms with Crippen LogP contribution in [0.25, 0.3) is 0 Å². The van der Waals surface area contributed by atoms with E-state index in [1.807, 2.05) is 24.5 Å². The summed E-state index contributed by atoms with van der Waals surface area (Å²) in [7, 11) is 0. The summed E-state index contributed by atoms with van der Waals surface area (Å²) in [4.78, 5) is 29.7. The number of nitrogens with zero attached hydrogens (tertiary/aromatic N) is 1. The standard InChI is InChI=1S/C24H39N3O4S2/c1-24(2,3)31-23(30)27-19(15-32-4)22(29)26-18(14-17-10-6-5-7-11-17)20(28)16-33-21-12-8-9-13-25-21/h8-9,12-13,17-20,28H,5-7,10-11,14-16H2,1-4H3,(H,26,29)(H,27,30)/t18-,19-,20-/m0/s1. The van der Waals surface area contributed by atoms with Crippen molar-refractivity contribution >= 4 is 35.5 Å². The molecule has 0 saturated heterocycles. The molecular weight excluding hydrogens is 458 g/mol. The molecule has 0 aromatic carbocycles. The maximum Gasteiger partial charge on any atom is 0.408 e. The van der Waals surface area contributed by atoms with Crippen molar-refractivity contribution in [2.45, 2.75) is 88.1 Å². The molecule has 2 rings (SSSR count). The number of aliphatic hydroxyl groups excluding tert-OH is 1. The third-order valence-corrected chi connectivity index (χ3v) is 7.20. The van der Waals surface area contributed by atoms with Crippen LogP contribution in [-0.2, 0) is 9.53 Å². The molecular formula is C24H39N3O4S2. The Labute approximate surface area is 206 Å². The quantitative estimate of drug-likeness (QED) is 0.393. The predicted octanol–water partition coefficient (Wildman–Crippen LogP) is 4.25. The molecule has 0 spiro atoms. The number of alkyl carbamates (subject to hydrolysis) is 1. The van der Waals surface area contributed by atoms with E-state index in [4.69, 9.17) is 4.74 Å². The van der Waals surface area contributed by atoms with Crippen LogP contribution in [0.15, 0.2) is 29.4 Å². The first-order chi connectivity index (χ1) is 15.7. The van der Waals surface area contributed by atoms with Gasteiger partial charge in [-0.15, -0.1) is 11.8 Å². The molecule has 1 saturated carbocycles. The van der Waals surface area contributed by atoms with E-state index in [1.165, 1.54) is 42.8 Å². The van der Waals surface area contributed by atoms with Crippen molar-refractivity contribution in [2.75, 3.05) is 17.8 Å². The molecule has 9 heteroatoms. The summed E-state index contributed by atoms with van der Waals surface area (Å²) in [6, 6.07) is 4.56. The van der Waals surface area contributed by atoms with Gasteiger partial charge in [0.2, 0.25) is 5.91 Å². The van der Waals surface area contributed by atoms with Gasteiger partial charge in [-0.1, -0.05) is 38.2 Å². The zero-order chi connectivity index (χ0) is 24.3. The van der Waals surface area contributed by atoms with Gasteiger partial charge in [0.15, 0.2) is 0 Å². The van der Waals surface area contributed by atoms with Crippen molar-refractivity contribution in [3.63, 3.8) is 0 Å². The van der Waals surface area contributed by atoms with Gasteiger partial charge in [0.1, 0.15) is 11.6 Å². The van der Waals surface area contributed by atoms with Crippen LogP contribution >= 0.6 is 23.5 Å². The molecule has 1 aromatic heterocycles. The molecule has 1 heterocycles. The van der Waals surface area contributed by atoms with Crippen molar-refractivity contribution < 1.29 is 19.4 Å². The third-order valence-electron chi connectivity index (χ3n) is 5.48. The van der Waals surface area contributed by atoms with Gasteiger partial charge in [-0.3, -0.25) is 4.79 Å². The molecule has 0 bridgehead atoms. The van der Waals surface area contributed by atoms with E-state index in [2.05, 4.69) is 15.6 Å². The van der Waals surface area contributed by atoms with Crippen LogP contribution in [0.2, 0.25) is 0 Å². The van der Waals surface area contributed by atoms with Gasteiger partial charge in [0, 0.05) is 17.7 Å². The summed E-state index contributed by atoms with van der Waals surface area (Å²) in [5, 5.41) is 17.6. The molecule has 0 aliphatic heterocycles. The summed E-state index contributed by atoms with van der Waals surface area (Å²) < 4.78 is 5.33. The number of hydrogen-bond donors (Lipinski definition) is 3. The second-order valence-corrected chi connectivity index (χ2v) is 11.5. The first-order valence-corrected chi connectivity index (χ1v) is 14.1. The molecule has 1 fully saturated rings. The Kier molecular flexibility index (Phi) is 11.8. The monoisotopic (exact) mass is 497 g/mol. The number of nitrogens with one attached hydrogen (secondary N) is 2. The van der Waals surface area contributed by atoms with Gasteiger partial charge in [0.05, 0.1) is 17.2 Å². The van der Waals surface area contributed by atoms with Crippen molar-refractivity contribution in [1.29, 1.82) is 0 Å². The Bertz CT molecular complexity index is 724. The van der Waals surface area contributed by atoms with Crippen molar-refractivity contribution in [3.05, 3.63) is 24.4 Å². The zero-order valence-electron chi connectivity index (χ0n) is 20.2. The zero-order valence-corrected chi connectivity index (χ0v) is 21.8. The fraction of sp³-hybridized carbons (Fsp3) is 0.708. The lowest BCUT2D eigenvalue weighted by Crippen LogP contribution is -2.55. The second-order valence-electron chi connectivity index (χ2n) is 9.56. The first kappa shape index (κ1) is 27.8. The predicted molar refractivity (Wildman–Crippen MR) is 136 cm³/mol. The van der Waals surface area contributed by atoms with Crippen LogP contribution in [0.4, 0.5) is 4.79 Å². The van der Waals surface area contributed by atoms with Gasteiger partial charge in [0.25, 0.3) is 0 Å². The fourth-order valence-corrected chi connectivity index (χ4v) is 5.35.